The van der Waals surface area contributed by atoms with Gasteiger partial charge in [0.2, 0.25) is 0 Å². The third-order valence-electron chi connectivity index (χ3n) is 1.66. The van der Waals surface area contributed by atoms with E-state index in [1.165, 1.54) is 0 Å². The van der Waals surface area contributed by atoms with Crippen LogP contribution in [0.1, 0.15) is 26.6 Å². The Morgan fingerprint density at radius 2 is 2.21 bits per heavy atom. The van der Waals surface area contributed by atoms with E-state index in [4.69, 9.17) is 5.11 Å². The van der Waals surface area contributed by atoms with Crippen molar-refractivity contribution in [1.29, 1.82) is 0 Å². The van der Waals surface area contributed by atoms with Crippen LogP contribution < -0.4 is 0 Å². The lowest BCUT2D eigenvalue weighted by molar-refractivity contribution is 0.266. The van der Waals surface area contributed by atoms with Gasteiger partial charge in [0.25, 0.3) is 0 Å². The van der Waals surface area contributed by atoms with Gasteiger partial charge in [-0.25, -0.2) is 4.98 Å². The molecule has 0 saturated carbocycles. The quantitative estimate of drug-likeness (QED) is 0.720. The Hall–Kier alpha value is -1.27. The summed E-state index contributed by atoms with van der Waals surface area (Å²) in [7, 11) is 0. The van der Waals surface area contributed by atoms with Crippen molar-refractivity contribution < 1.29 is 5.11 Å². The van der Waals surface area contributed by atoms with Crippen LogP contribution in [-0.2, 0) is 13.2 Å². The molecule has 0 aliphatic heterocycles. The molecule has 0 unspecified atom stereocenters. The Kier molecular flexibility index (Phi) is 3.32. The standard InChI is InChI=1S/C11H16N2O/c1-11(2,3)5-4-7-13-8-6-12-10(13)9-14/h6,8,14H,7,9H2,1-3H3. The highest BCUT2D eigenvalue weighted by Crippen LogP contribution is 2.09. The Labute approximate surface area is 84.8 Å². The fourth-order valence-electron chi connectivity index (χ4n) is 1.03. The molecule has 0 spiro atoms. The van der Waals surface area contributed by atoms with Gasteiger partial charge >= 0.3 is 0 Å². The Bertz CT molecular complexity index is 349. The maximum absolute atomic E-state index is 8.93. The van der Waals surface area contributed by atoms with E-state index in [1.807, 2.05) is 10.8 Å². The molecule has 0 bridgehead atoms. The van der Waals surface area contributed by atoms with Gasteiger partial charge < -0.3 is 9.67 Å². The van der Waals surface area contributed by atoms with E-state index in [9.17, 15) is 0 Å². The summed E-state index contributed by atoms with van der Waals surface area (Å²) in [5.74, 6) is 6.86. The summed E-state index contributed by atoms with van der Waals surface area (Å²) in [6, 6.07) is 0. The van der Waals surface area contributed by atoms with Gasteiger partial charge in [-0.3, -0.25) is 0 Å². The summed E-state index contributed by atoms with van der Waals surface area (Å²) < 4.78 is 1.85. The average Bonchev–Trinajstić information content (AvgIpc) is 2.49. The van der Waals surface area contributed by atoms with Crippen molar-refractivity contribution in [3.8, 4) is 11.8 Å². The van der Waals surface area contributed by atoms with Crippen LogP contribution in [0.4, 0.5) is 0 Å². The summed E-state index contributed by atoms with van der Waals surface area (Å²) in [6.45, 7) is 6.76. The third-order valence-corrected chi connectivity index (χ3v) is 1.66. The number of aliphatic hydroxyl groups excluding tert-OH is 1. The van der Waals surface area contributed by atoms with E-state index in [1.54, 1.807) is 6.20 Å². The summed E-state index contributed by atoms with van der Waals surface area (Å²) >= 11 is 0. The smallest absolute Gasteiger partial charge is 0.135 e. The van der Waals surface area contributed by atoms with Gasteiger partial charge in [-0.15, -0.1) is 0 Å². The van der Waals surface area contributed by atoms with Gasteiger partial charge in [0, 0.05) is 17.8 Å². The van der Waals surface area contributed by atoms with Crippen LogP contribution in [0.15, 0.2) is 12.4 Å². The first kappa shape index (κ1) is 10.8. The molecule has 1 heterocycles. The van der Waals surface area contributed by atoms with Crippen LogP contribution in [0.25, 0.3) is 0 Å². The second kappa shape index (κ2) is 4.30. The highest BCUT2D eigenvalue weighted by atomic mass is 16.3. The van der Waals surface area contributed by atoms with Crippen molar-refractivity contribution in [3.05, 3.63) is 18.2 Å². The van der Waals surface area contributed by atoms with Crippen LogP contribution in [0.5, 0.6) is 0 Å². The zero-order valence-electron chi connectivity index (χ0n) is 8.91. The van der Waals surface area contributed by atoms with Crippen molar-refractivity contribution in [2.45, 2.75) is 33.9 Å². The average molecular weight is 192 g/mol. The van der Waals surface area contributed by atoms with Crippen LogP contribution >= 0.6 is 0 Å². The van der Waals surface area contributed by atoms with E-state index in [0.717, 1.165) is 0 Å². The van der Waals surface area contributed by atoms with Gasteiger partial charge in [-0.05, 0) is 20.8 Å². The van der Waals surface area contributed by atoms with E-state index in [-0.39, 0.29) is 12.0 Å². The number of rotatable bonds is 2. The maximum atomic E-state index is 8.93. The molecule has 0 saturated heterocycles. The minimum absolute atomic E-state index is 0.0277. The van der Waals surface area contributed by atoms with E-state index in [2.05, 4.69) is 37.6 Å². The minimum atomic E-state index is -0.0375. The molecule has 3 heteroatoms. The third kappa shape index (κ3) is 3.23. The van der Waals surface area contributed by atoms with Crippen molar-refractivity contribution in [2.75, 3.05) is 0 Å². The molecular weight excluding hydrogens is 176 g/mol. The van der Waals surface area contributed by atoms with Gasteiger partial charge in [-0.2, -0.15) is 0 Å². The lowest BCUT2D eigenvalue weighted by atomic mass is 9.98. The van der Waals surface area contributed by atoms with Gasteiger partial charge in [0.05, 0.1) is 6.54 Å². The molecule has 3 nitrogen and oxygen atoms in total. The molecule has 0 aromatic carbocycles. The van der Waals surface area contributed by atoms with Crippen LogP contribution in [0.3, 0.4) is 0 Å². The molecule has 0 atom stereocenters. The molecule has 76 valence electrons. The van der Waals surface area contributed by atoms with Crippen molar-refractivity contribution in [1.82, 2.24) is 9.55 Å². The van der Waals surface area contributed by atoms with E-state index in [0.29, 0.717) is 12.4 Å². The molecule has 0 aliphatic rings. The molecule has 0 fully saturated rings. The van der Waals surface area contributed by atoms with E-state index >= 15 is 0 Å². The highest BCUT2D eigenvalue weighted by Gasteiger charge is 2.03. The largest absolute Gasteiger partial charge is 0.388 e. The number of aliphatic hydroxyl groups is 1. The molecular formula is C11H16N2O. The van der Waals surface area contributed by atoms with Crippen molar-refractivity contribution in [2.24, 2.45) is 5.41 Å². The second-order valence-electron chi connectivity index (χ2n) is 4.18. The monoisotopic (exact) mass is 192 g/mol. The molecule has 0 aliphatic carbocycles. The topological polar surface area (TPSA) is 38.0 Å². The predicted molar refractivity (Wildman–Crippen MR) is 55.4 cm³/mol. The first-order chi connectivity index (χ1) is 6.53. The van der Waals surface area contributed by atoms with E-state index < -0.39 is 0 Å². The number of hydrogen-bond donors (Lipinski definition) is 1. The Morgan fingerprint density at radius 1 is 1.50 bits per heavy atom. The molecule has 14 heavy (non-hydrogen) atoms. The van der Waals surface area contributed by atoms with Crippen molar-refractivity contribution >= 4 is 0 Å². The van der Waals surface area contributed by atoms with Gasteiger partial charge in [0.1, 0.15) is 12.4 Å². The normalized spacial score (nSPS) is 10.9. The van der Waals surface area contributed by atoms with Crippen LogP contribution in [0, 0.1) is 17.3 Å². The lowest BCUT2D eigenvalue weighted by Crippen LogP contribution is -2.03. The lowest BCUT2D eigenvalue weighted by Gasteiger charge is -2.07. The summed E-state index contributed by atoms with van der Waals surface area (Å²) in [4.78, 5) is 3.99. The Morgan fingerprint density at radius 3 is 2.79 bits per heavy atom. The van der Waals surface area contributed by atoms with Crippen molar-refractivity contribution in [3.63, 3.8) is 0 Å². The fourth-order valence-corrected chi connectivity index (χ4v) is 1.03. The highest BCUT2D eigenvalue weighted by molar-refractivity contribution is 5.08. The Balaban J connectivity index is 2.65. The first-order valence-electron chi connectivity index (χ1n) is 4.64. The maximum Gasteiger partial charge on any atom is 0.135 e. The summed E-state index contributed by atoms with van der Waals surface area (Å²) in [5.41, 5.74) is 0.0277. The zero-order valence-corrected chi connectivity index (χ0v) is 8.91. The predicted octanol–water partition coefficient (Wildman–Crippen LogP) is 1.42. The molecule has 1 N–H and O–H groups in total. The number of nitrogens with zero attached hydrogens (tertiary/aromatic N) is 2. The fraction of sp³-hybridized carbons (Fsp3) is 0.545. The second-order valence-corrected chi connectivity index (χ2v) is 4.18. The van der Waals surface area contributed by atoms with Gasteiger partial charge in [-0.1, -0.05) is 11.8 Å². The molecule has 1 aromatic rings. The molecule has 0 radical (unpaired) electrons. The number of imidazole rings is 1. The zero-order chi connectivity index (χ0) is 10.6. The summed E-state index contributed by atoms with van der Waals surface area (Å²) in [5, 5.41) is 8.93. The molecule has 1 aromatic heterocycles. The SMILES string of the molecule is CC(C)(C)C#CCn1ccnc1CO. The molecule has 0 amide bonds. The van der Waals surface area contributed by atoms with Crippen LogP contribution in [0.2, 0.25) is 0 Å². The molecule has 1 rings (SSSR count). The van der Waals surface area contributed by atoms with Gasteiger partial charge in [0.15, 0.2) is 0 Å². The first-order valence-corrected chi connectivity index (χ1v) is 4.64. The number of hydrogen-bond acceptors (Lipinski definition) is 2. The minimum Gasteiger partial charge on any atom is -0.388 e. The summed E-state index contributed by atoms with van der Waals surface area (Å²) in [6.07, 6.45) is 3.49. The van der Waals surface area contributed by atoms with Crippen LogP contribution in [-0.4, -0.2) is 14.7 Å². The number of aromatic nitrogens is 2.